The van der Waals surface area contributed by atoms with E-state index in [4.69, 9.17) is 13.7 Å². The third kappa shape index (κ3) is 4.25. The van der Waals surface area contributed by atoms with Crippen LogP contribution in [0.15, 0.2) is 64.4 Å². The molecular weight excluding hydrogens is 328 g/mol. The standard InChI is InChI=1S/C18H18O3S2/c1-13-11-22-12-18(13)21-23-15-8-9-16(17(10-15)19-2)20-14-6-4-3-5-7-14/h3-11,18H,12H2,1-2H3. The van der Waals surface area contributed by atoms with Crippen LogP contribution in [0.3, 0.4) is 0 Å². The SMILES string of the molecule is COc1cc(SOC2CSC=C2C)ccc1Oc1ccccc1. The maximum Gasteiger partial charge on any atom is 0.169 e. The Labute approximate surface area is 145 Å². The first-order valence-electron chi connectivity index (χ1n) is 7.29. The lowest BCUT2D eigenvalue weighted by atomic mass is 10.2. The monoisotopic (exact) mass is 346 g/mol. The van der Waals surface area contributed by atoms with Gasteiger partial charge in [0.1, 0.15) is 11.9 Å². The topological polar surface area (TPSA) is 27.7 Å². The van der Waals surface area contributed by atoms with Crippen molar-refractivity contribution < 1.29 is 13.7 Å². The Balaban J connectivity index is 1.68. The second-order valence-corrected chi connectivity index (χ2v) is 6.82. The van der Waals surface area contributed by atoms with Gasteiger partial charge in [-0.3, -0.25) is 0 Å². The Hall–Kier alpha value is -1.56. The maximum absolute atomic E-state index is 5.89. The van der Waals surface area contributed by atoms with E-state index < -0.39 is 0 Å². The van der Waals surface area contributed by atoms with Gasteiger partial charge < -0.3 is 13.7 Å². The molecule has 1 heterocycles. The molecule has 3 rings (SSSR count). The van der Waals surface area contributed by atoms with E-state index in [1.54, 1.807) is 18.9 Å². The van der Waals surface area contributed by atoms with E-state index in [1.807, 2.05) is 48.5 Å². The molecular formula is C18H18O3S2. The molecule has 0 bridgehead atoms. The van der Waals surface area contributed by atoms with Crippen molar-refractivity contribution in [2.45, 2.75) is 17.9 Å². The fraction of sp³-hybridized carbons (Fsp3) is 0.222. The molecule has 1 aliphatic heterocycles. The van der Waals surface area contributed by atoms with Gasteiger partial charge in [-0.25, -0.2) is 0 Å². The number of thioether (sulfide) groups is 1. The number of hydrogen-bond donors (Lipinski definition) is 0. The molecule has 3 nitrogen and oxygen atoms in total. The smallest absolute Gasteiger partial charge is 0.169 e. The van der Waals surface area contributed by atoms with Crippen LogP contribution in [0.1, 0.15) is 6.92 Å². The van der Waals surface area contributed by atoms with Crippen LogP contribution < -0.4 is 9.47 Å². The highest BCUT2D eigenvalue weighted by atomic mass is 32.2. The van der Waals surface area contributed by atoms with Crippen LogP contribution in [0.25, 0.3) is 0 Å². The first kappa shape index (κ1) is 16.3. The van der Waals surface area contributed by atoms with Crippen LogP contribution in [-0.2, 0) is 4.18 Å². The van der Waals surface area contributed by atoms with Crippen LogP contribution >= 0.6 is 23.8 Å². The molecule has 0 saturated heterocycles. The first-order chi connectivity index (χ1) is 11.3. The fourth-order valence-corrected chi connectivity index (χ4v) is 3.92. The average Bonchev–Trinajstić information content (AvgIpc) is 3.00. The molecule has 0 spiro atoms. The van der Waals surface area contributed by atoms with Crippen molar-refractivity contribution in [1.29, 1.82) is 0 Å². The fourth-order valence-electron chi connectivity index (χ4n) is 2.09. The minimum Gasteiger partial charge on any atom is -0.493 e. The summed E-state index contributed by atoms with van der Waals surface area (Å²) in [5.74, 6) is 3.14. The van der Waals surface area contributed by atoms with Crippen LogP contribution in [-0.4, -0.2) is 19.0 Å². The summed E-state index contributed by atoms with van der Waals surface area (Å²) in [4.78, 5) is 0.993. The molecule has 23 heavy (non-hydrogen) atoms. The summed E-state index contributed by atoms with van der Waals surface area (Å²) < 4.78 is 17.2. The predicted octanol–water partition coefficient (Wildman–Crippen LogP) is 5.53. The number of para-hydroxylation sites is 1. The number of hydrogen-bond acceptors (Lipinski definition) is 5. The molecule has 0 saturated carbocycles. The molecule has 1 atom stereocenters. The van der Waals surface area contributed by atoms with E-state index in [-0.39, 0.29) is 6.10 Å². The highest BCUT2D eigenvalue weighted by molar-refractivity contribution is 8.02. The van der Waals surface area contributed by atoms with Crippen molar-refractivity contribution in [3.05, 3.63) is 59.5 Å². The molecule has 1 unspecified atom stereocenters. The number of benzene rings is 2. The van der Waals surface area contributed by atoms with Gasteiger partial charge in [0.25, 0.3) is 0 Å². The Bertz CT molecular complexity index is 686. The summed E-state index contributed by atoms with van der Waals surface area (Å²) in [6.07, 6.45) is 0.177. The number of methoxy groups -OCH3 is 1. The van der Waals surface area contributed by atoms with Crippen LogP contribution in [0.2, 0.25) is 0 Å². The van der Waals surface area contributed by atoms with E-state index in [9.17, 15) is 0 Å². The second kappa shape index (κ2) is 7.81. The van der Waals surface area contributed by atoms with E-state index in [2.05, 4.69) is 12.3 Å². The summed E-state index contributed by atoms with van der Waals surface area (Å²) in [5, 5.41) is 2.16. The van der Waals surface area contributed by atoms with Crippen molar-refractivity contribution in [1.82, 2.24) is 0 Å². The van der Waals surface area contributed by atoms with E-state index in [0.717, 1.165) is 16.4 Å². The Kier molecular flexibility index (Phi) is 5.54. The summed E-state index contributed by atoms with van der Waals surface area (Å²) in [6, 6.07) is 15.5. The van der Waals surface area contributed by atoms with Gasteiger partial charge in [0, 0.05) is 22.7 Å². The zero-order valence-corrected chi connectivity index (χ0v) is 14.7. The second-order valence-electron chi connectivity index (χ2n) is 5.09. The molecule has 0 fully saturated rings. The summed E-state index contributed by atoms with van der Waals surface area (Å²) >= 11 is 3.17. The van der Waals surface area contributed by atoms with Crippen LogP contribution in [0, 0.1) is 0 Å². The lowest BCUT2D eigenvalue weighted by molar-refractivity contribution is 0.314. The lowest BCUT2D eigenvalue weighted by Gasteiger charge is -2.14. The Morgan fingerprint density at radius 1 is 1.09 bits per heavy atom. The summed E-state index contributed by atoms with van der Waals surface area (Å²) in [7, 11) is 1.64. The minimum atomic E-state index is 0.177. The third-order valence-electron chi connectivity index (χ3n) is 3.39. The highest BCUT2D eigenvalue weighted by Crippen LogP contribution is 2.37. The average molecular weight is 346 g/mol. The predicted molar refractivity (Wildman–Crippen MR) is 96.5 cm³/mol. The van der Waals surface area contributed by atoms with E-state index in [0.29, 0.717) is 11.5 Å². The van der Waals surface area contributed by atoms with Crippen molar-refractivity contribution in [3.63, 3.8) is 0 Å². The molecule has 0 amide bonds. The van der Waals surface area contributed by atoms with Crippen LogP contribution in [0.5, 0.6) is 17.2 Å². The molecule has 120 valence electrons. The third-order valence-corrected chi connectivity index (χ3v) is 5.20. The molecule has 2 aromatic carbocycles. The van der Waals surface area contributed by atoms with Gasteiger partial charge in [-0.15, -0.1) is 11.8 Å². The van der Waals surface area contributed by atoms with Crippen molar-refractivity contribution in [3.8, 4) is 17.2 Å². The van der Waals surface area contributed by atoms with Crippen molar-refractivity contribution >= 4 is 23.8 Å². The maximum atomic E-state index is 5.89. The quantitative estimate of drug-likeness (QED) is 0.641. The van der Waals surface area contributed by atoms with Gasteiger partial charge >= 0.3 is 0 Å². The van der Waals surface area contributed by atoms with E-state index >= 15 is 0 Å². The van der Waals surface area contributed by atoms with Gasteiger partial charge in [-0.1, -0.05) is 18.2 Å². The number of ether oxygens (including phenoxy) is 2. The molecule has 0 aromatic heterocycles. The number of rotatable bonds is 6. The largest absolute Gasteiger partial charge is 0.493 e. The zero-order valence-electron chi connectivity index (χ0n) is 13.0. The molecule has 0 aliphatic carbocycles. The van der Waals surface area contributed by atoms with Gasteiger partial charge in [-0.2, -0.15) is 0 Å². The molecule has 0 radical (unpaired) electrons. The Morgan fingerprint density at radius 3 is 2.61 bits per heavy atom. The van der Waals surface area contributed by atoms with Gasteiger partial charge in [0.2, 0.25) is 0 Å². The molecule has 0 N–H and O–H groups in total. The molecule has 5 heteroatoms. The normalized spacial score (nSPS) is 17.0. The van der Waals surface area contributed by atoms with Gasteiger partial charge in [0.15, 0.2) is 11.5 Å². The first-order valence-corrected chi connectivity index (χ1v) is 9.08. The highest BCUT2D eigenvalue weighted by Gasteiger charge is 2.18. The lowest BCUT2D eigenvalue weighted by Crippen LogP contribution is -2.09. The zero-order chi connectivity index (χ0) is 16.1. The van der Waals surface area contributed by atoms with Gasteiger partial charge in [0.05, 0.1) is 7.11 Å². The molecule has 1 aliphatic rings. The minimum absolute atomic E-state index is 0.177. The summed E-state index contributed by atoms with van der Waals surface area (Å²) in [6.45, 7) is 2.10. The molecule has 2 aromatic rings. The van der Waals surface area contributed by atoms with Crippen LogP contribution in [0.4, 0.5) is 0 Å². The van der Waals surface area contributed by atoms with Crippen molar-refractivity contribution in [2.75, 3.05) is 12.9 Å². The van der Waals surface area contributed by atoms with Crippen molar-refractivity contribution in [2.24, 2.45) is 0 Å². The van der Waals surface area contributed by atoms with Gasteiger partial charge in [-0.05, 0) is 48.2 Å². The van der Waals surface area contributed by atoms with E-state index in [1.165, 1.54) is 17.6 Å². The summed E-state index contributed by atoms with van der Waals surface area (Å²) in [5.41, 5.74) is 1.28. The Morgan fingerprint density at radius 2 is 1.91 bits per heavy atom.